The Kier molecular flexibility index (Phi) is 7.24. The largest absolute Gasteiger partial charge is 0.496 e. The molecule has 1 aromatic heterocycles. The Hall–Kier alpha value is -4.33. The highest BCUT2D eigenvalue weighted by atomic mass is 16.5. The molecule has 186 valence electrons. The van der Waals surface area contributed by atoms with Gasteiger partial charge in [-0.15, -0.1) is 0 Å². The van der Waals surface area contributed by atoms with Crippen molar-refractivity contribution in [1.29, 1.82) is 0 Å². The zero-order valence-electron chi connectivity index (χ0n) is 20.7. The Morgan fingerprint density at radius 3 is 2.25 bits per heavy atom. The number of nitrogens with one attached hydrogen (secondary N) is 1. The molecule has 0 bridgehead atoms. The number of rotatable bonds is 9. The number of hydrogen-bond acceptors (Lipinski definition) is 5. The number of nitrogens with zero attached hydrogens (tertiary/aromatic N) is 2. The summed E-state index contributed by atoms with van der Waals surface area (Å²) in [5, 5.41) is 18.8. The lowest BCUT2D eigenvalue weighted by Gasteiger charge is -2.15. The van der Waals surface area contributed by atoms with E-state index in [1.165, 1.54) is 0 Å². The molecular weight excluding hydrogens is 458 g/mol. The number of carbonyl (C=O) groups is 2. The fraction of sp³-hybridized carbons (Fsp3) is 0.250. The van der Waals surface area contributed by atoms with Gasteiger partial charge >= 0.3 is 5.97 Å². The van der Waals surface area contributed by atoms with E-state index in [-0.39, 0.29) is 11.6 Å². The number of hydrogen-bond donors (Lipinski definition) is 2. The van der Waals surface area contributed by atoms with E-state index in [1.807, 2.05) is 62.4 Å². The molecule has 0 saturated carbocycles. The maximum Gasteiger partial charge on any atom is 0.326 e. The molecule has 0 aliphatic rings. The van der Waals surface area contributed by atoms with Crippen LogP contribution >= 0.6 is 0 Å². The Balaban J connectivity index is 1.91. The first-order valence-corrected chi connectivity index (χ1v) is 11.7. The van der Waals surface area contributed by atoms with Gasteiger partial charge in [-0.1, -0.05) is 56.3 Å². The number of carboxylic acid groups (broad SMARTS) is 1. The molecule has 0 fully saturated rings. The molecule has 1 amide bonds. The van der Waals surface area contributed by atoms with E-state index in [4.69, 9.17) is 9.47 Å². The lowest BCUT2D eigenvalue weighted by molar-refractivity contribution is -0.139. The van der Waals surface area contributed by atoms with Crippen molar-refractivity contribution in [2.45, 2.75) is 26.3 Å². The van der Waals surface area contributed by atoms with E-state index in [1.54, 1.807) is 37.1 Å². The van der Waals surface area contributed by atoms with E-state index < -0.39 is 17.9 Å². The van der Waals surface area contributed by atoms with Crippen molar-refractivity contribution >= 4 is 22.6 Å². The molecular formula is C28H29N3O5. The predicted octanol–water partition coefficient (Wildman–Crippen LogP) is 4.94. The molecule has 36 heavy (non-hydrogen) atoms. The van der Waals surface area contributed by atoms with Gasteiger partial charge in [0.15, 0.2) is 5.69 Å². The molecule has 0 radical (unpaired) electrons. The minimum absolute atomic E-state index is 0.0842. The van der Waals surface area contributed by atoms with Crippen molar-refractivity contribution in [1.82, 2.24) is 15.1 Å². The number of fused-ring (bicyclic) bond motifs is 1. The first kappa shape index (κ1) is 24.8. The normalized spacial score (nSPS) is 11.9. The number of methoxy groups -OCH3 is 2. The van der Waals surface area contributed by atoms with Gasteiger partial charge in [0.05, 0.1) is 31.2 Å². The summed E-state index contributed by atoms with van der Waals surface area (Å²) in [6.45, 7) is 3.81. The second-order valence-electron chi connectivity index (χ2n) is 8.86. The van der Waals surface area contributed by atoms with Crippen LogP contribution < -0.4 is 14.8 Å². The average molecular weight is 488 g/mol. The lowest BCUT2D eigenvalue weighted by atomic mass is 10.0. The number of benzene rings is 3. The third-order valence-corrected chi connectivity index (χ3v) is 5.93. The Bertz CT molecular complexity index is 1380. The number of carboxylic acids is 1. The first-order chi connectivity index (χ1) is 17.3. The number of aliphatic carboxylic acids is 1. The highest BCUT2D eigenvalue weighted by molar-refractivity contribution is 5.97. The van der Waals surface area contributed by atoms with Crippen molar-refractivity contribution in [3.8, 4) is 28.4 Å². The molecule has 0 aliphatic carbocycles. The van der Waals surface area contributed by atoms with Crippen LogP contribution in [0, 0.1) is 5.92 Å². The van der Waals surface area contributed by atoms with Gasteiger partial charge in [0, 0.05) is 5.39 Å². The monoisotopic (exact) mass is 487 g/mol. The maximum atomic E-state index is 13.2. The Labute approximate surface area is 209 Å². The molecule has 0 aliphatic heterocycles. The minimum Gasteiger partial charge on any atom is -0.496 e. The average Bonchev–Trinajstić information content (AvgIpc) is 3.32. The summed E-state index contributed by atoms with van der Waals surface area (Å²) in [7, 11) is 3.13. The molecule has 0 saturated heterocycles. The summed E-state index contributed by atoms with van der Waals surface area (Å²) in [4.78, 5) is 25.0. The number of amides is 1. The molecule has 0 spiro atoms. The van der Waals surface area contributed by atoms with Crippen molar-refractivity contribution in [3.63, 3.8) is 0 Å². The molecule has 8 heteroatoms. The van der Waals surface area contributed by atoms with Crippen molar-refractivity contribution in [3.05, 3.63) is 72.4 Å². The topological polar surface area (TPSA) is 103 Å². The lowest BCUT2D eigenvalue weighted by Crippen LogP contribution is -2.41. The number of ether oxygens (including phenoxy) is 2. The van der Waals surface area contributed by atoms with Crippen molar-refractivity contribution < 1.29 is 24.2 Å². The molecule has 0 unspecified atom stereocenters. The molecule has 1 atom stereocenters. The van der Waals surface area contributed by atoms with Gasteiger partial charge in [0.1, 0.15) is 17.5 Å². The van der Waals surface area contributed by atoms with Gasteiger partial charge in [0.2, 0.25) is 0 Å². The summed E-state index contributed by atoms with van der Waals surface area (Å²) >= 11 is 0. The van der Waals surface area contributed by atoms with Gasteiger partial charge in [-0.05, 0) is 42.0 Å². The molecule has 4 rings (SSSR count). The van der Waals surface area contributed by atoms with Crippen molar-refractivity contribution in [2.24, 2.45) is 5.92 Å². The van der Waals surface area contributed by atoms with Gasteiger partial charge in [-0.25, -0.2) is 9.48 Å². The minimum atomic E-state index is -1.09. The number of aromatic nitrogens is 2. The summed E-state index contributed by atoms with van der Waals surface area (Å²) in [5.74, 6) is -0.473. The zero-order chi connectivity index (χ0) is 25.8. The van der Waals surface area contributed by atoms with Gasteiger partial charge in [-0.2, -0.15) is 5.10 Å². The molecule has 4 aromatic rings. The highest BCUT2D eigenvalue weighted by Crippen LogP contribution is 2.40. The van der Waals surface area contributed by atoms with E-state index in [0.29, 0.717) is 29.2 Å². The number of carbonyl (C=O) groups excluding carboxylic acids is 1. The van der Waals surface area contributed by atoms with Crippen LogP contribution in [0.1, 0.15) is 30.8 Å². The van der Waals surface area contributed by atoms with Crippen molar-refractivity contribution in [2.75, 3.05) is 14.2 Å². The molecule has 3 aromatic carbocycles. The summed E-state index contributed by atoms with van der Waals surface area (Å²) in [6, 6.07) is 19.8. The second kappa shape index (κ2) is 10.5. The maximum absolute atomic E-state index is 13.2. The smallest absolute Gasteiger partial charge is 0.326 e. The van der Waals surface area contributed by atoms with Crippen LogP contribution in [-0.4, -0.2) is 47.0 Å². The van der Waals surface area contributed by atoms with Crippen LogP contribution in [0.2, 0.25) is 0 Å². The fourth-order valence-corrected chi connectivity index (χ4v) is 4.28. The summed E-state index contributed by atoms with van der Waals surface area (Å²) < 4.78 is 12.9. The molecule has 2 N–H and O–H groups in total. The predicted molar refractivity (Wildman–Crippen MR) is 138 cm³/mol. The van der Waals surface area contributed by atoms with Crippen LogP contribution in [0.4, 0.5) is 0 Å². The SMILES string of the molecule is COc1cccc(OC)c1-c1cc(C(=O)N[C@@H](CC(C)C)C(=O)O)nn1-c1cccc2ccccc12. The summed E-state index contributed by atoms with van der Waals surface area (Å²) in [6.07, 6.45) is 0.304. The molecule has 1 heterocycles. The Morgan fingerprint density at radius 2 is 1.61 bits per heavy atom. The van der Waals surface area contributed by atoms with E-state index in [9.17, 15) is 14.7 Å². The van der Waals surface area contributed by atoms with Crippen LogP contribution in [0.25, 0.3) is 27.7 Å². The Morgan fingerprint density at radius 1 is 0.972 bits per heavy atom. The van der Waals surface area contributed by atoms with E-state index in [0.717, 1.165) is 16.5 Å². The quantitative estimate of drug-likeness (QED) is 0.347. The van der Waals surface area contributed by atoms with E-state index >= 15 is 0 Å². The summed E-state index contributed by atoms with van der Waals surface area (Å²) in [5.41, 5.74) is 2.04. The third-order valence-electron chi connectivity index (χ3n) is 5.93. The molecule has 8 nitrogen and oxygen atoms in total. The van der Waals surface area contributed by atoms with Crippen LogP contribution in [0.5, 0.6) is 11.5 Å². The third kappa shape index (κ3) is 4.88. The standard InChI is InChI=1S/C28H29N3O5/c1-17(2)15-21(28(33)34)29-27(32)20-16-23(26-24(35-3)13-8-14-25(26)36-4)31(30-20)22-12-7-10-18-9-5-6-11-19(18)22/h5-14,16-17,21H,15H2,1-4H3,(H,29,32)(H,33,34)/t21-/m0/s1. The van der Waals surface area contributed by atoms with E-state index in [2.05, 4.69) is 10.4 Å². The van der Waals surface area contributed by atoms with Gasteiger partial charge < -0.3 is 19.9 Å². The zero-order valence-corrected chi connectivity index (χ0v) is 20.7. The van der Waals surface area contributed by atoms with Crippen LogP contribution in [0.15, 0.2) is 66.7 Å². The van der Waals surface area contributed by atoms with Gasteiger partial charge in [-0.3, -0.25) is 4.79 Å². The van der Waals surface area contributed by atoms with Gasteiger partial charge in [0.25, 0.3) is 5.91 Å². The second-order valence-corrected chi connectivity index (χ2v) is 8.86. The van der Waals surface area contributed by atoms with Crippen LogP contribution in [0.3, 0.4) is 0 Å². The fourth-order valence-electron chi connectivity index (χ4n) is 4.28. The first-order valence-electron chi connectivity index (χ1n) is 11.7. The van der Waals surface area contributed by atoms with Crippen LogP contribution in [-0.2, 0) is 4.79 Å². The highest BCUT2D eigenvalue weighted by Gasteiger charge is 2.26.